The van der Waals surface area contributed by atoms with E-state index in [0.717, 1.165) is 10.4 Å². The fourth-order valence-electron chi connectivity index (χ4n) is 4.22. The van der Waals surface area contributed by atoms with Crippen LogP contribution in [0.1, 0.15) is 39.2 Å². The largest absolute Gasteiger partial charge is 0.352 e. The van der Waals surface area contributed by atoms with Crippen molar-refractivity contribution in [1.29, 1.82) is 0 Å². The first-order chi connectivity index (χ1) is 19.9. The Labute approximate surface area is 255 Å². The number of benzene rings is 3. The Balaban J connectivity index is 2.13. The molecular formula is C29H32Cl2N4O6S. The van der Waals surface area contributed by atoms with Crippen molar-refractivity contribution in [2.45, 2.75) is 57.1 Å². The highest BCUT2D eigenvalue weighted by Gasteiger charge is 2.35. The lowest BCUT2D eigenvalue weighted by atomic mass is 10.1. The van der Waals surface area contributed by atoms with E-state index in [9.17, 15) is 28.1 Å². The van der Waals surface area contributed by atoms with Gasteiger partial charge in [0.15, 0.2) is 0 Å². The van der Waals surface area contributed by atoms with Gasteiger partial charge >= 0.3 is 0 Å². The van der Waals surface area contributed by atoms with Gasteiger partial charge < -0.3 is 10.2 Å². The van der Waals surface area contributed by atoms with Gasteiger partial charge in [-0.15, -0.1) is 0 Å². The number of amides is 2. The van der Waals surface area contributed by atoms with Crippen LogP contribution >= 0.6 is 23.2 Å². The third-order valence-corrected chi connectivity index (χ3v) is 9.21. The Bertz CT molecular complexity index is 1520. The van der Waals surface area contributed by atoms with Crippen LogP contribution in [0.4, 0.5) is 11.4 Å². The number of nitro benzene ring substituents is 1. The van der Waals surface area contributed by atoms with Crippen molar-refractivity contribution >= 4 is 56.4 Å². The quantitative estimate of drug-likeness (QED) is 0.186. The molecule has 2 atom stereocenters. The molecule has 224 valence electrons. The SMILES string of the molecule is CCC(C)NC(=O)C(CC)N(Cc1c(Cl)cccc1Cl)C(=O)CN(c1cccc([N+](=O)[O-])c1)S(=O)(=O)c1ccccc1. The van der Waals surface area contributed by atoms with Crippen molar-refractivity contribution in [1.82, 2.24) is 10.2 Å². The first kappa shape index (κ1) is 32.8. The Morgan fingerprint density at radius 1 is 0.952 bits per heavy atom. The second kappa shape index (κ2) is 14.5. The highest BCUT2D eigenvalue weighted by Crippen LogP contribution is 2.30. The molecule has 0 heterocycles. The van der Waals surface area contributed by atoms with Crippen LogP contribution < -0.4 is 9.62 Å². The first-order valence-corrected chi connectivity index (χ1v) is 15.4. The summed E-state index contributed by atoms with van der Waals surface area (Å²) in [5, 5.41) is 14.9. The molecule has 42 heavy (non-hydrogen) atoms. The zero-order valence-electron chi connectivity index (χ0n) is 23.4. The summed E-state index contributed by atoms with van der Waals surface area (Å²) in [6.45, 7) is 4.53. The van der Waals surface area contributed by atoms with Gasteiger partial charge in [-0.25, -0.2) is 8.42 Å². The summed E-state index contributed by atoms with van der Waals surface area (Å²) in [5.74, 6) is -1.15. The van der Waals surface area contributed by atoms with Gasteiger partial charge in [0, 0.05) is 40.3 Å². The van der Waals surface area contributed by atoms with E-state index in [-0.39, 0.29) is 45.3 Å². The van der Waals surface area contributed by atoms with Crippen molar-refractivity contribution in [3.63, 3.8) is 0 Å². The highest BCUT2D eigenvalue weighted by atomic mass is 35.5. The Kier molecular flexibility index (Phi) is 11.3. The number of nitrogens with one attached hydrogen (secondary N) is 1. The number of nitro groups is 1. The molecule has 3 aromatic carbocycles. The summed E-state index contributed by atoms with van der Waals surface area (Å²) in [6.07, 6.45) is 0.862. The molecule has 0 saturated carbocycles. The molecule has 1 N–H and O–H groups in total. The molecule has 2 unspecified atom stereocenters. The van der Waals surface area contributed by atoms with E-state index in [0.29, 0.717) is 12.0 Å². The van der Waals surface area contributed by atoms with E-state index < -0.39 is 39.3 Å². The zero-order chi connectivity index (χ0) is 31.0. The van der Waals surface area contributed by atoms with Gasteiger partial charge in [-0.2, -0.15) is 0 Å². The molecule has 0 saturated heterocycles. The van der Waals surface area contributed by atoms with E-state index in [4.69, 9.17) is 23.2 Å². The Morgan fingerprint density at radius 3 is 2.14 bits per heavy atom. The van der Waals surface area contributed by atoms with Gasteiger partial charge in [-0.05, 0) is 50.1 Å². The molecule has 3 rings (SSSR count). The van der Waals surface area contributed by atoms with Crippen LogP contribution in [0.25, 0.3) is 0 Å². The van der Waals surface area contributed by atoms with Crippen LogP contribution in [0.2, 0.25) is 10.0 Å². The predicted molar refractivity (Wildman–Crippen MR) is 163 cm³/mol. The number of halogens is 2. The van der Waals surface area contributed by atoms with Crippen molar-refractivity contribution in [3.8, 4) is 0 Å². The van der Waals surface area contributed by atoms with Crippen LogP contribution in [0, 0.1) is 10.1 Å². The summed E-state index contributed by atoms with van der Waals surface area (Å²) in [6, 6.07) is 16.1. The summed E-state index contributed by atoms with van der Waals surface area (Å²) >= 11 is 12.8. The number of carbonyl (C=O) groups is 2. The van der Waals surface area contributed by atoms with Crippen molar-refractivity contribution in [2.75, 3.05) is 10.8 Å². The maximum Gasteiger partial charge on any atom is 0.271 e. The smallest absolute Gasteiger partial charge is 0.271 e. The average Bonchev–Trinajstić information content (AvgIpc) is 2.97. The standard InChI is InChI=1S/C29H32Cl2N4O6S/c1-4-20(3)32-29(37)27(5-2)33(18-24-25(30)15-10-16-26(24)31)28(36)19-34(21-11-9-12-22(17-21)35(38)39)42(40,41)23-13-7-6-8-14-23/h6-17,20,27H,4-5,18-19H2,1-3H3,(H,32,37). The molecule has 0 bridgehead atoms. The van der Waals surface area contributed by atoms with Gasteiger partial charge in [0.05, 0.1) is 15.5 Å². The van der Waals surface area contributed by atoms with E-state index in [1.54, 1.807) is 31.2 Å². The predicted octanol–water partition coefficient (Wildman–Crippen LogP) is 5.82. The molecular weight excluding hydrogens is 603 g/mol. The van der Waals surface area contributed by atoms with E-state index in [1.807, 2.05) is 13.8 Å². The summed E-state index contributed by atoms with van der Waals surface area (Å²) < 4.78 is 28.5. The maximum absolute atomic E-state index is 14.1. The normalized spacial score (nSPS) is 12.7. The topological polar surface area (TPSA) is 130 Å². The molecule has 13 heteroatoms. The van der Waals surface area contributed by atoms with E-state index >= 15 is 0 Å². The lowest BCUT2D eigenvalue weighted by Crippen LogP contribution is -2.53. The molecule has 0 radical (unpaired) electrons. The van der Waals surface area contributed by atoms with Crippen molar-refractivity contribution < 1.29 is 22.9 Å². The molecule has 0 aliphatic carbocycles. The highest BCUT2D eigenvalue weighted by molar-refractivity contribution is 7.92. The van der Waals surface area contributed by atoms with Gasteiger partial charge in [0.2, 0.25) is 11.8 Å². The first-order valence-electron chi connectivity index (χ1n) is 13.3. The van der Waals surface area contributed by atoms with Crippen LogP contribution in [0.3, 0.4) is 0 Å². The number of hydrogen-bond donors (Lipinski definition) is 1. The van der Waals surface area contributed by atoms with Crippen molar-refractivity contribution in [2.24, 2.45) is 0 Å². The van der Waals surface area contributed by atoms with Gasteiger partial charge in [-0.3, -0.25) is 24.0 Å². The number of carbonyl (C=O) groups excluding carboxylic acids is 2. The van der Waals surface area contributed by atoms with Crippen molar-refractivity contribution in [3.05, 3.63) is 98.5 Å². The molecule has 10 nitrogen and oxygen atoms in total. The second-order valence-corrected chi connectivity index (χ2v) is 12.2. The minimum atomic E-state index is -4.38. The van der Waals surface area contributed by atoms with E-state index in [2.05, 4.69) is 5.32 Å². The molecule has 0 fully saturated rings. The Hall–Kier alpha value is -3.67. The lowest BCUT2D eigenvalue weighted by Gasteiger charge is -2.34. The second-order valence-electron chi connectivity index (χ2n) is 9.57. The lowest BCUT2D eigenvalue weighted by molar-refractivity contribution is -0.384. The fourth-order valence-corrected chi connectivity index (χ4v) is 6.17. The summed E-state index contributed by atoms with van der Waals surface area (Å²) in [4.78, 5) is 39.5. The van der Waals surface area contributed by atoms with Crippen LogP contribution in [0.15, 0.2) is 77.7 Å². The number of rotatable bonds is 13. The summed E-state index contributed by atoms with van der Waals surface area (Å²) in [7, 11) is -4.38. The third-order valence-electron chi connectivity index (χ3n) is 6.72. The monoisotopic (exact) mass is 634 g/mol. The number of sulfonamides is 1. The Morgan fingerprint density at radius 2 is 1.57 bits per heavy atom. The number of hydrogen-bond acceptors (Lipinski definition) is 6. The minimum absolute atomic E-state index is 0.0887. The van der Waals surface area contributed by atoms with Crippen LogP contribution in [0.5, 0.6) is 0 Å². The molecule has 0 aliphatic heterocycles. The third kappa shape index (κ3) is 7.78. The van der Waals surface area contributed by atoms with Crippen LogP contribution in [-0.4, -0.2) is 48.7 Å². The number of nitrogens with zero attached hydrogens (tertiary/aromatic N) is 3. The van der Waals surface area contributed by atoms with Gasteiger partial charge in [-0.1, -0.05) is 67.4 Å². The fraction of sp³-hybridized carbons (Fsp3) is 0.310. The molecule has 3 aromatic rings. The molecule has 0 aromatic heterocycles. The zero-order valence-corrected chi connectivity index (χ0v) is 25.7. The molecule has 2 amide bonds. The van der Waals surface area contributed by atoms with Crippen LogP contribution in [-0.2, 0) is 26.2 Å². The molecule has 0 aliphatic rings. The van der Waals surface area contributed by atoms with Gasteiger partial charge in [0.25, 0.3) is 15.7 Å². The number of non-ortho nitro benzene ring substituents is 1. The molecule has 0 spiro atoms. The summed E-state index contributed by atoms with van der Waals surface area (Å²) in [5.41, 5.74) is -0.0571. The van der Waals surface area contributed by atoms with Gasteiger partial charge in [0.1, 0.15) is 12.6 Å². The number of anilines is 1. The average molecular weight is 636 g/mol. The maximum atomic E-state index is 14.1. The van der Waals surface area contributed by atoms with E-state index in [1.165, 1.54) is 47.4 Å². The minimum Gasteiger partial charge on any atom is -0.352 e.